The standard InChI is InChI=1S/C17H16O3/c1-3-17(18)20-13(2)19-16-11-7-10-15(12-16)14-8-5-4-6-9-14/h3-13H,1H2,2H3. The third-order valence-corrected chi connectivity index (χ3v) is 2.69. The lowest BCUT2D eigenvalue weighted by molar-refractivity contribution is -0.154. The van der Waals surface area contributed by atoms with E-state index >= 15 is 0 Å². The van der Waals surface area contributed by atoms with Crippen LogP contribution in [0.15, 0.2) is 67.3 Å². The van der Waals surface area contributed by atoms with Crippen molar-refractivity contribution in [3.05, 3.63) is 67.3 Å². The van der Waals surface area contributed by atoms with Crippen LogP contribution in [-0.4, -0.2) is 12.3 Å². The first-order chi connectivity index (χ1) is 9.69. The molecular weight excluding hydrogens is 252 g/mol. The minimum Gasteiger partial charge on any atom is -0.455 e. The number of esters is 1. The number of hydrogen-bond donors (Lipinski definition) is 0. The molecule has 0 bridgehead atoms. The van der Waals surface area contributed by atoms with Crippen molar-refractivity contribution in [3.63, 3.8) is 0 Å². The van der Waals surface area contributed by atoms with Crippen molar-refractivity contribution in [1.29, 1.82) is 0 Å². The fourth-order valence-electron chi connectivity index (χ4n) is 1.81. The summed E-state index contributed by atoms with van der Waals surface area (Å²) in [6.45, 7) is 5.01. The molecule has 3 nitrogen and oxygen atoms in total. The van der Waals surface area contributed by atoms with Gasteiger partial charge < -0.3 is 9.47 Å². The molecule has 3 heteroatoms. The Bertz CT molecular complexity index is 590. The summed E-state index contributed by atoms with van der Waals surface area (Å²) in [5, 5.41) is 0. The van der Waals surface area contributed by atoms with Gasteiger partial charge in [0.1, 0.15) is 5.75 Å². The number of carbonyl (C=O) groups is 1. The number of ether oxygens (including phenoxy) is 2. The number of benzene rings is 2. The molecule has 1 atom stereocenters. The lowest BCUT2D eigenvalue weighted by atomic mass is 10.1. The van der Waals surface area contributed by atoms with Crippen LogP contribution in [0.5, 0.6) is 5.75 Å². The Hall–Kier alpha value is -2.55. The minimum atomic E-state index is -0.661. The normalized spacial score (nSPS) is 11.4. The topological polar surface area (TPSA) is 35.5 Å². The second-order valence-corrected chi connectivity index (χ2v) is 4.22. The first kappa shape index (κ1) is 13.9. The monoisotopic (exact) mass is 268 g/mol. The molecular formula is C17H16O3. The third-order valence-electron chi connectivity index (χ3n) is 2.69. The molecule has 0 N–H and O–H groups in total. The molecule has 2 aromatic rings. The molecule has 0 saturated heterocycles. The molecule has 0 aromatic heterocycles. The molecule has 2 aromatic carbocycles. The lowest BCUT2D eigenvalue weighted by Gasteiger charge is -2.15. The molecule has 0 aliphatic carbocycles. The van der Waals surface area contributed by atoms with Crippen molar-refractivity contribution in [2.24, 2.45) is 0 Å². The Labute approximate surface area is 118 Å². The fourth-order valence-corrected chi connectivity index (χ4v) is 1.81. The average Bonchev–Trinajstić information content (AvgIpc) is 2.48. The summed E-state index contributed by atoms with van der Waals surface area (Å²) in [4.78, 5) is 11.1. The highest BCUT2D eigenvalue weighted by molar-refractivity contribution is 5.81. The van der Waals surface area contributed by atoms with E-state index in [0.717, 1.165) is 17.2 Å². The molecule has 0 heterocycles. The largest absolute Gasteiger partial charge is 0.455 e. The van der Waals surface area contributed by atoms with Gasteiger partial charge in [-0.3, -0.25) is 0 Å². The van der Waals surface area contributed by atoms with E-state index in [4.69, 9.17) is 9.47 Å². The van der Waals surface area contributed by atoms with E-state index in [9.17, 15) is 4.79 Å². The van der Waals surface area contributed by atoms with Crippen molar-refractivity contribution in [2.45, 2.75) is 13.2 Å². The third kappa shape index (κ3) is 3.72. The summed E-state index contributed by atoms with van der Waals surface area (Å²) >= 11 is 0. The predicted octanol–water partition coefficient (Wildman–Crippen LogP) is 3.81. The van der Waals surface area contributed by atoms with E-state index in [-0.39, 0.29) is 0 Å². The van der Waals surface area contributed by atoms with E-state index in [1.807, 2.05) is 54.6 Å². The molecule has 0 radical (unpaired) electrons. The maximum absolute atomic E-state index is 11.1. The van der Waals surface area contributed by atoms with E-state index in [0.29, 0.717) is 5.75 Å². The van der Waals surface area contributed by atoms with Crippen LogP contribution in [0.25, 0.3) is 11.1 Å². The van der Waals surface area contributed by atoms with Gasteiger partial charge in [-0.1, -0.05) is 49.0 Å². The molecule has 1 unspecified atom stereocenters. The second kappa shape index (κ2) is 6.57. The summed E-state index contributed by atoms with van der Waals surface area (Å²) < 4.78 is 10.5. The molecule has 102 valence electrons. The van der Waals surface area contributed by atoms with Gasteiger partial charge in [0.2, 0.25) is 6.29 Å². The summed E-state index contributed by atoms with van der Waals surface area (Å²) in [6, 6.07) is 17.6. The quantitative estimate of drug-likeness (QED) is 0.470. The first-order valence-electron chi connectivity index (χ1n) is 6.34. The van der Waals surface area contributed by atoms with Gasteiger partial charge in [0.15, 0.2) is 0 Å². The second-order valence-electron chi connectivity index (χ2n) is 4.22. The van der Waals surface area contributed by atoms with Crippen LogP contribution in [0.3, 0.4) is 0 Å². The van der Waals surface area contributed by atoms with Crippen molar-refractivity contribution < 1.29 is 14.3 Å². The molecule has 0 saturated carbocycles. The van der Waals surface area contributed by atoms with E-state index < -0.39 is 12.3 Å². The Balaban J connectivity index is 2.10. The van der Waals surface area contributed by atoms with Gasteiger partial charge in [0.25, 0.3) is 0 Å². The van der Waals surface area contributed by atoms with Crippen LogP contribution in [0, 0.1) is 0 Å². The zero-order valence-electron chi connectivity index (χ0n) is 11.3. The molecule has 0 spiro atoms. The Morgan fingerprint density at radius 1 is 1.10 bits per heavy atom. The van der Waals surface area contributed by atoms with E-state index in [1.54, 1.807) is 6.92 Å². The maximum atomic E-state index is 11.1. The van der Waals surface area contributed by atoms with Gasteiger partial charge in [0.05, 0.1) is 0 Å². The Morgan fingerprint density at radius 2 is 1.80 bits per heavy atom. The van der Waals surface area contributed by atoms with Crippen LogP contribution in [0.2, 0.25) is 0 Å². The average molecular weight is 268 g/mol. The lowest BCUT2D eigenvalue weighted by Crippen LogP contribution is -2.19. The molecule has 0 amide bonds. The first-order valence-corrected chi connectivity index (χ1v) is 6.34. The maximum Gasteiger partial charge on any atom is 0.333 e. The van der Waals surface area contributed by atoms with Gasteiger partial charge in [0, 0.05) is 13.0 Å². The summed E-state index contributed by atoms with van der Waals surface area (Å²) in [7, 11) is 0. The van der Waals surface area contributed by atoms with Crippen LogP contribution in [-0.2, 0) is 9.53 Å². The summed E-state index contributed by atoms with van der Waals surface area (Å²) in [6.07, 6.45) is 0.451. The van der Waals surface area contributed by atoms with Gasteiger partial charge in [-0.2, -0.15) is 0 Å². The molecule has 0 fully saturated rings. The van der Waals surface area contributed by atoms with Crippen LogP contribution < -0.4 is 4.74 Å². The highest BCUT2D eigenvalue weighted by Gasteiger charge is 2.08. The molecule has 0 aliphatic heterocycles. The van der Waals surface area contributed by atoms with Gasteiger partial charge >= 0.3 is 5.97 Å². The summed E-state index contributed by atoms with van der Waals surface area (Å²) in [5.41, 5.74) is 2.15. The zero-order chi connectivity index (χ0) is 14.4. The molecule has 0 aliphatic rings. The predicted molar refractivity (Wildman–Crippen MR) is 78.3 cm³/mol. The van der Waals surface area contributed by atoms with Crippen molar-refractivity contribution in [3.8, 4) is 16.9 Å². The Morgan fingerprint density at radius 3 is 2.50 bits per heavy atom. The minimum absolute atomic E-state index is 0.503. The molecule has 20 heavy (non-hydrogen) atoms. The fraction of sp³-hybridized carbons (Fsp3) is 0.118. The number of carbonyl (C=O) groups excluding carboxylic acids is 1. The van der Waals surface area contributed by atoms with Crippen molar-refractivity contribution >= 4 is 5.97 Å². The highest BCUT2D eigenvalue weighted by Crippen LogP contribution is 2.24. The molecule has 2 rings (SSSR count). The van der Waals surface area contributed by atoms with E-state index in [1.165, 1.54) is 0 Å². The van der Waals surface area contributed by atoms with Crippen LogP contribution in [0.1, 0.15) is 6.92 Å². The van der Waals surface area contributed by atoms with Gasteiger partial charge in [-0.25, -0.2) is 4.79 Å². The summed E-state index contributed by atoms with van der Waals surface area (Å²) in [5.74, 6) is 0.146. The number of rotatable bonds is 5. The van der Waals surface area contributed by atoms with Crippen LogP contribution >= 0.6 is 0 Å². The van der Waals surface area contributed by atoms with Crippen molar-refractivity contribution in [1.82, 2.24) is 0 Å². The van der Waals surface area contributed by atoms with Gasteiger partial charge in [-0.05, 0) is 23.3 Å². The van der Waals surface area contributed by atoms with Gasteiger partial charge in [-0.15, -0.1) is 0 Å². The van der Waals surface area contributed by atoms with Crippen molar-refractivity contribution in [2.75, 3.05) is 0 Å². The Kier molecular flexibility index (Phi) is 4.56. The highest BCUT2D eigenvalue weighted by atomic mass is 16.7. The smallest absolute Gasteiger partial charge is 0.333 e. The van der Waals surface area contributed by atoms with E-state index in [2.05, 4.69) is 6.58 Å². The van der Waals surface area contributed by atoms with Crippen LogP contribution in [0.4, 0.5) is 0 Å². The zero-order valence-corrected chi connectivity index (χ0v) is 11.3. The number of hydrogen-bond acceptors (Lipinski definition) is 3. The SMILES string of the molecule is C=CC(=O)OC(C)Oc1cccc(-c2ccccc2)c1.